The summed E-state index contributed by atoms with van der Waals surface area (Å²) >= 11 is 12.0. The predicted molar refractivity (Wildman–Crippen MR) is 131 cm³/mol. The Morgan fingerprint density at radius 1 is 0.838 bits per heavy atom. The molecule has 0 radical (unpaired) electrons. The summed E-state index contributed by atoms with van der Waals surface area (Å²) in [6, 6.07) is 4.20. The van der Waals surface area contributed by atoms with Gasteiger partial charge in [0.25, 0.3) is 15.9 Å². The third kappa shape index (κ3) is 4.81. The van der Waals surface area contributed by atoms with Gasteiger partial charge in [-0.2, -0.15) is 0 Å². The number of benzene rings is 1. The topological polar surface area (TPSA) is 121 Å². The number of carbonyl (C=O) groups is 1. The Bertz CT molecular complexity index is 1160. The van der Waals surface area contributed by atoms with E-state index in [-0.39, 0.29) is 14.9 Å². The summed E-state index contributed by atoms with van der Waals surface area (Å²) in [4.78, 5) is 15.2. The molecule has 3 heterocycles. The molecule has 13 heteroatoms. The first kappa shape index (κ1) is 26.2. The van der Waals surface area contributed by atoms with Crippen LogP contribution in [0.3, 0.4) is 0 Å². The Kier molecular flexibility index (Phi) is 6.99. The molecule has 1 amide bonds. The van der Waals surface area contributed by atoms with E-state index in [0.29, 0.717) is 12.8 Å². The highest BCUT2D eigenvalue weighted by atomic mass is 35.5. The molecule has 5 fully saturated rings. The van der Waals surface area contributed by atoms with Gasteiger partial charge in [-0.15, -0.1) is 4.83 Å². The molecule has 5 aliphatic rings. The first-order valence-corrected chi connectivity index (χ1v) is 15.1. The molecule has 2 saturated carbocycles. The van der Waals surface area contributed by atoms with Gasteiger partial charge in [-0.1, -0.05) is 42.1 Å². The van der Waals surface area contributed by atoms with Crippen molar-refractivity contribution in [2.75, 3.05) is 0 Å². The molecule has 5 atom stereocenters. The summed E-state index contributed by atoms with van der Waals surface area (Å²) in [6.07, 6.45) is 5.00. The molecule has 0 bridgehead atoms. The number of sulfonamides is 1. The lowest BCUT2D eigenvalue weighted by molar-refractivity contribution is -0.247. The normalized spacial score (nSPS) is 34.3. The van der Waals surface area contributed by atoms with Gasteiger partial charge in [-0.3, -0.25) is 10.2 Å². The molecular formula is C24H30Cl2N2O8S. The van der Waals surface area contributed by atoms with E-state index in [1.54, 1.807) is 0 Å². The second-order valence-electron chi connectivity index (χ2n) is 10.4. The van der Waals surface area contributed by atoms with E-state index < -0.39 is 58.2 Å². The summed E-state index contributed by atoms with van der Waals surface area (Å²) in [5, 5.41) is -0.0755. The second kappa shape index (κ2) is 9.87. The zero-order valence-electron chi connectivity index (χ0n) is 20.1. The zero-order chi connectivity index (χ0) is 25.8. The number of halogens is 2. The fraction of sp³-hybridized carbons (Fsp3) is 0.708. The molecule has 10 nitrogen and oxygen atoms in total. The average molecular weight is 577 g/mol. The molecular weight excluding hydrogens is 547 g/mol. The highest BCUT2D eigenvalue weighted by molar-refractivity contribution is 7.89. The van der Waals surface area contributed by atoms with Crippen LogP contribution in [0.15, 0.2) is 23.1 Å². The minimum atomic E-state index is -4.22. The fourth-order valence-corrected chi connectivity index (χ4v) is 7.71. The maximum absolute atomic E-state index is 13.3. The first-order valence-electron chi connectivity index (χ1n) is 12.8. The van der Waals surface area contributed by atoms with Gasteiger partial charge in [-0.25, -0.2) is 8.42 Å². The van der Waals surface area contributed by atoms with Crippen molar-refractivity contribution in [1.29, 1.82) is 0 Å². The fourth-order valence-electron chi connectivity index (χ4n) is 6.10. The molecule has 3 aliphatic heterocycles. The number of amides is 1. The van der Waals surface area contributed by atoms with Crippen molar-refractivity contribution in [2.45, 2.75) is 111 Å². The van der Waals surface area contributed by atoms with Crippen molar-refractivity contribution in [2.24, 2.45) is 0 Å². The van der Waals surface area contributed by atoms with E-state index in [2.05, 4.69) is 10.3 Å². The minimum absolute atomic E-state index is 0.0738. The van der Waals surface area contributed by atoms with Crippen molar-refractivity contribution in [3.63, 3.8) is 0 Å². The van der Waals surface area contributed by atoms with Crippen LogP contribution in [-0.2, 0) is 38.5 Å². The van der Waals surface area contributed by atoms with Gasteiger partial charge in [0.1, 0.15) is 23.2 Å². The quantitative estimate of drug-likeness (QED) is 0.522. The third-order valence-corrected chi connectivity index (χ3v) is 10.1. The van der Waals surface area contributed by atoms with E-state index >= 15 is 0 Å². The maximum atomic E-state index is 13.3. The molecule has 2 N–H and O–H groups in total. The van der Waals surface area contributed by atoms with E-state index in [4.69, 9.17) is 46.9 Å². The molecule has 0 aromatic heterocycles. The molecule has 204 valence electrons. The summed E-state index contributed by atoms with van der Waals surface area (Å²) < 4.78 is 57.4. The van der Waals surface area contributed by atoms with Gasteiger partial charge in [0, 0.05) is 25.7 Å². The lowest BCUT2D eigenvalue weighted by Crippen LogP contribution is -2.61. The van der Waals surface area contributed by atoms with E-state index in [1.807, 2.05) is 0 Å². The molecule has 1 aromatic rings. The van der Waals surface area contributed by atoms with Crippen LogP contribution >= 0.6 is 23.2 Å². The van der Waals surface area contributed by atoms with Crippen LogP contribution in [0, 0.1) is 0 Å². The maximum Gasteiger partial charge on any atom is 0.267 e. The van der Waals surface area contributed by atoms with Crippen LogP contribution in [0.5, 0.6) is 0 Å². The lowest BCUT2D eigenvalue weighted by atomic mass is 9.94. The van der Waals surface area contributed by atoms with Crippen molar-refractivity contribution in [3.8, 4) is 0 Å². The standard InChI is InChI=1S/C24H30Cl2N2O8S/c25-14-8-7-9-15(16(14)26)37(30,31)28-27-21(29)19-17-18(34-23(33-17)10-3-1-4-11-23)20-22(32-19)36-24(35-20)12-5-2-6-13-24/h7-9,17-20,22,28H,1-6,10-13H2,(H,27,29)/t17-,18+,19-,20-,22+/m1/s1. The Morgan fingerprint density at radius 3 is 2.11 bits per heavy atom. The monoisotopic (exact) mass is 576 g/mol. The number of hydrogen-bond donors (Lipinski definition) is 2. The van der Waals surface area contributed by atoms with Crippen LogP contribution in [0.1, 0.15) is 64.2 Å². The van der Waals surface area contributed by atoms with Gasteiger partial charge in [0.05, 0.1) is 10.0 Å². The summed E-state index contributed by atoms with van der Waals surface area (Å²) in [5.41, 5.74) is 2.26. The predicted octanol–water partition coefficient (Wildman–Crippen LogP) is 3.55. The molecule has 2 aliphatic carbocycles. The summed E-state index contributed by atoms with van der Waals surface area (Å²) in [5.74, 6) is -2.32. The number of hydrogen-bond acceptors (Lipinski definition) is 8. The van der Waals surface area contributed by atoms with Crippen LogP contribution in [0.4, 0.5) is 0 Å². The van der Waals surface area contributed by atoms with Gasteiger partial charge in [0.2, 0.25) is 0 Å². The number of nitrogens with one attached hydrogen (secondary N) is 2. The lowest BCUT2D eigenvalue weighted by Gasteiger charge is -2.36. The second-order valence-corrected chi connectivity index (χ2v) is 12.8. The molecule has 3 saturated heterocycles. The van der Waals surface area contributed by atoms with Gasteiger partial charge in [-0.05, 0) is 37.8 Å². The van der Waals surface area contributed by atoms with E-state index in [1.165, 1.54) is 18.2 Å². The number of fused-ring (bicyclic) bond motifs is 3. The minimum Gasteiger partial charge on any atom is -0.341 e. The Morgan fingerprint density at radius 2 is 1.43 bits per heavy atom. The smallest absolute Gasteiger partial charge is 0.267 e. The molecule has 0 unspecified atom stereocenters. The van der Waals surface area contributed by atoms with Gasteiger partial charge < -0.3 is 23.7 Å². The number of hydrazine groups is 1. The molecule has 1 aromatic carbocycles. The van der Waals surface area contributed by atoms with Crippen molar-refractivity contribution in [1.82, 2.24) is 10.3 Å². The van der Waals surface area contributed by atoms with Gasteiger partial charge in [0.15, 0.2) is 24.0 Å². The summed E-state index contributed by atoms with van der Waals surface area (Å²) in [6.45, 7) is 0. The summed E-state index contributed by atoms with van der Waals surface area (Å²) in [7, 11) is -4.22. The van der Waals surface area contributed by atoms with Crippen molar-refractivity contribution >= 4 is 39.1 Å². The highest BCUT2D eigenvalue weighted by Crippen LogP contribution is 2.50. The molecule has 37 heavy (non-hydrogen) atoms. The van der Waals surface area contributed by atoms with Crippen molar-refractivity contribution in [3.05, 3.63) is 28.2 Å². The van der Waals surface area contributed by atoms with Crippen molar-refractivity contribution < 1.29 is 36.9 Å². The zero-order valence-corrected chi connectivity index (χ0v) is 22.4. The number of rotatable bonds is 4. The van der Waals surface area contributed by atoms with Crippen LogP contribution in [-0.4, -0.2) is 56.6 Å². The Hall–Kier alpha value is -1.02. The largest absolute Gasteiger partial charge is 0.341 e. The van der Waals surface area contributed by atoms with E-state index in [0.717, 1.165) is 51.4 Å². The highest BCUT2D eigenvalue weighted by Gasteiger charge is 2.65. The SMILES string of the molecule is O=C(NNS(=O)(=O)c1cccc(Cl)c1Cl)[C@@H]1O[C@H]2OC3(CCCCC3)O[C@@H]2[C@H]2OC3(CCCCC3)O[C@H]21. The van der Waals surface area contributed by atoms with Crippen LogP contribution < -0.4 is 10.3 Å². The Balaban J connectivity index is 1.23. The number of ether oxygens (including phenoxy) is 5. The first-order chi connectivity index (χ1) is 17.7. The van der Waals surface area contributed by atoms with Crippen LogP contribution in [0.25, 0.3) is 0 Å². The van der Waals surface area contributed by atoms with E-state index in [9.17, 15) is 13.2 Å². The third-order valence-electron chi connectivity index (χ3n) is 7.88. The molecule has 6 rings (SSSR count). The number of carbonyl (C=O) groups excluding carboxylic acids is 1. The Labute approximate surface area is 225 Å². The van der Waals surface area contributed by atoms with Crippen LogP contribution in [0.2, 0.25) is 10.0 Å². The average Bonchev–Trinajstić information content (AvgIpc) is 3.42. The molecule has 2 spiro atoms. The van der Waals surface area contributed by atoms with Gasteiger partial charge >= 0.3 is 0 Å².